The molecule has 2 aromatic rings. The molecule has 0 bridgehead atoms. The number of hydrogen-bond acceptors (Lipinski definition) is 4. The molecule has 0 fully saturated rings. The van der Waals surface area contributed by atoms with Gasteiger partial charge in [-0.3, -0.25) is 9.59 Å². The van der Waals surface area contributed by atoms with E-state index in [2.05, 4.69) is 34.9 Å². The molecule has 0 saturated carbocycles. The van der Waals surface area contributed by atoms with Crippen molar-refractivity contribution in [3.63, 3.8) is 0 Å². The highest BCUT2D eigenvalue weighted by Gasteiger charge is 2.31. The number of carboxylic acids is 1. The van der Waals surface area contributed by atoms with Gasteiger partial charge in [0.2, 0.25) is 5.91 Å². The lowest BCUT2D eigenvalue weighted by Gasteiger charge is -2.28. The molecule has 0 aromatic heterocycles. The molecule has 0 unspecified atom stereocenters. The number of rotatable bonds is 8. The Kier molecular flexibility index (Phi) is 7.54. The van der Waals surface area contributed by atoms with Gasteiger partial charge in [-0.1, -0.05) is 74.5 Å². The van der Waals surface area contributed by atoms with Crippen LogP contribution in [0, 0.1) is 11.8 Å². The van der Waals surface area contributed by atoms with Crippen molar-refractivity contribution in [2.45, 2.75) is 51.1 Å². The second kappa shape index (κ2) is 10.8. The van der Waals surface area contributed by atoms with Crippen LogP contribution in [0.2, 0.25) is 0 Å². The molecule has 0 radical (unpaired) electrons. The fraction of sp³-hybridized carbons (Fsp3) is 0.393. The van der Waals surface area contributed by atoms with Crippen molar-refractivity contribution in [3.8, 4) is 11.1 Å². The summed E-state index contributed by atoms with van der Waals surface area (Å²) in [5.74, 6) is -1.48. The predicted octanol–water partition coefficient (Wildman–Crippen LogP) is 4.48. The first-order valence-electron chi connectivity index (χ1n) is 12.1. The van der Waals surface area contributed by atoms with Crippen LogP contribution in [-0.2, 0) is 14.3 Å². The Balaban J connectivity index is 1.32. The van der Waals surface area contributed by atoms with Crippen LogP contribution in [0.15, 0.2) is 60.7 Å². The number of ether oxygens (including phenoxy) is 1. The van der Waals surface area contributed by atoms with Crippen LogP contribution in [0.3, 0.4) is 0 Å². The van der Waals surface area contributed by atoms with E-state index in [1.807, 2.05) is 50.3 Å². The van der Waals surface area contributed by atoms with Gasteiger partial charge in [0.15, 0.2) is 0 Å². The molecule has 3 N–H and O–H groups in total. The molecular weight excluding hydrogens is 444 g/mol. The van der Waals surface area contributed by atoms with Gasteiger partial charge in [0.1, 0.15) is 6.61 Å². The standard InChI is InChI=1S/C28H32N2O5/c1-17(2)25(15-26(31)32)30-27(33)18-8-7-9-19(14-18)29-28(34)35-16-24-22-12-5-3-10-20(22)21-11-4-6-13-23(21)24/h3-7,9-13,17-19,24-25H,8,14-16H2,1-2H3,(H,29,34)(H,30,33)(H,31,32)/t18-,19-,25+/m1/s1. The maximum Gasteiger partial charge on any atom is 0.407 e. The van der Waals surface area contributed by atoms with E-state index in [1.165, 1.54) is 11.1 Å². The van der Waals surface area contributed by atoms with E-state index in [1.54, 1.807) is 0 Å². The van der Waals surface area contributed by atoms with Gasteiger partial charge >= 0.3 is 12.1 Å². The van der Waals surface area contributed by atoms with Crippen molar-refractivity contribution < 1.29 is 24.2 Å². The Bertz CT molecular complexity index is 1080. The Hall–Kier alpha value is -3.61. The third-order valence-corrected chi connectivity index (χ3v) is 6.87. The number of hydrogen-bond donors (Lipinski definition) is 3. The Morgan fingerprint density at radius 3 is 2.26 bits per heavy atom. The molecule has 2 aliphatic carbocycles. The number of carboxylic acid groups (broad SMARTS) is 1. The zero-order valence-electron chi connectivity index (χ0n) is 20.1. The fourth-order valence-electron chi connectivity index (χ4n) is 4.94. The SMILES string of the molecule is CC(C)[C@H](CC(=O)O)NC(=O)[C@@H]1CC=C[C@@H](NC(=O)OCC2c3ccccc3-c3ccccc32)C1. The summed E-state index contributed by atoms with van der Waals surface area (Å²) >= 11 is 0. The predicted molar refractivity (Wildman–Crippen MR) is 133 cm³/mol. The normalized spacial score (nSPS) is 19.5. The molecule has 7 heteroatoms. The topological polar surface area (TPSA) is 105 Å². The van der Waals surface area contributed by atoms with Crippen LogP contribution < -0.4 is 10.6 Å². The lowest BCUT2D eigenvalue weighted by molar-refractivity contribution is -0.138. The molecule has 2 aliphatic rings. The number of fused-ring (bicyclic) bond motifs is 3. The molecule has 4 rings (SSSR count). The van der Waals surface area contributed by atoms with E-state index in [-0.39, 0.29) is 42.7 Å². The third kappa shape index (κ3) is 5.73. The molecule has 184 valence electrons. The number of amides is 2. The van der Waals surface area contributed by atoms with Gasteiger partial charge in [0.25, 0.3) is 0 Å². The minimum absolute atomic E-state index is 0.00364. The molecule has 0 saturated heterocycles. The van der Waals surface area contributed by atoms with Crippen LogP contribution in [0.25, 0.3) is 11.1 Å². The number of aliphatic carboxylic acids is 1. The summed E-state index contributed by atoms with van der Waals surface area (Å²) in [6.07, 6.45) is 4.10. The first-order valence-corrected chi connectivity index (χ1v) is 12.1. The van der Waals surface area contributed by atoms with Gasteiger partial charge in [-0.25, -0.2) is 4.79 Å². The second-order valence-electron chi connectivity index (χ2n) is 9.63. The molecule has 35 heavy (non-hydrogen) atoms. The van der Waals surface area contributed by atoms with Crippen LogP contribution in [0.5, 0.6) is 0 Å². The molecular formula is C28H32N2O5. The number of alkyl carbamates (subject to hydrolysis) is 1. The summed E-state index contributed by atoms with van der Waals surface area (Å²) in [5.41, 5.74) is 4.64. The molecule has 0 heterocycles. The maximum absolute atomic E-state index is 12.8. The largest absolute Gasteiger partial charge is 0.481 e. The van der Waals surface area contributed by atoms with Crippen LogP contribution in [-0.4, -0.2) is 41.8 Å². The van der Waals surface area contributed by atoms with E-state index in [0.29, 0.717) is 12.8 Å². The average molecular weight is 477 g/mol. The van der Waals surface area contributed by atoms with Gasteiger partial charge in [0.05, 0.1) is 12.5 Å². The van der Waals surface area contributed by atoms with Gasteiger partial charge in [-0.05, 0) is 41.0 Å². The minimum atomic E-state index is -0.942. The molecule has 2 aromatic carbocycles. The highest BCUT2D eigenvalue weighted by atomic mass is 16.5. The Morgan fingerprint density at radius 1 is 1.03 bits per heavy atom. The summed E-state index contributed by atoms with van der Waals surface area (Å²) < 4.78 is 5.63. The monoisotopic (exact) mass is 476 g/mol. The fourth-order valence-corrected chi connectivity index (χ4v) is 4.94. The highest BCUT2D eigenvalue weighted by Crippen LogP contribution is 2.44. The minimum Gasteiger partial charge on any atom is -0.481 e. The number of nitrogens with one attached hydrogen (secondary N) is 2. The van der Waals surface area contributed by atoms with Gasteiger partial charge < -0.3 is 20.5 Å². The van der Waals surface area contributed by atoms with E-state index in [4.69, 9.17) is 9.84 Å². The number of carbonyl (C=O) groups excluding carboxylic acids is 2. The molecule has 7 nitrogen and oxygen atoms in total. The summed E-state index contributed by atoms with van der Waals surface area (Å²) in [5, 5.41) is 14.8. The molecule has 2 amide bonds. The van der Waals surface area contributed by atoms with Crippen LogP contribution >= 0.6 is 0 Å². The van der Waals surface area contributed by atoms with Crippen molar-refractivity contribution >= 4 is 18.0 Å². The van der Waals surface area contributed by atoms with Crippen molar-refractivity contribution in [1.29, 1.82) is 0 Å². The summed E-state index contributed by atoms with van der Waals surface area (Å²) in [4.78, 5) is 36.5. The lowest BCUT2D eigenvalue weighted by Crippen LogP contribution is -2.45. The average Bonchev–Trinajstić information content (AvgIpc) is 3.16. The van der Waals surface area contributed by atoms with Crippen LogP contribution in [0.4, 0.5) is 4.79 Å². The van der Waals surface area contributed by atoms with Crippen molar-refractivity contribution in [2.75, 3.05) is 6.61 Å². The lowest BCUT2D eigenvalue weighted by atomic mass is 9.89. The van der Waals surface area contributed by atoms with E-state index in [0.717, 1.165) is 11.1 Å². The van der Waals surface area contributed by atoms with Crippen molar-refractivity contribution in [1.82, 2.24) is 10.6 Å². The zero-order valence-corrected chi connectivity index (χ0v) is 20.1. The van der Waals surface area contributed by atoms with E-state index >= 15 is 0 Å². The second-order valence-corrected chi connectivity index (χ2v) is 9.63. The van der Waals surface area contributed by atoms with E-state index in [9.17, 15) is 14.4 Å². The van der Waals surface area contributed by atoms with Crippen molar-refractivity contribution in [3.05, 3.63) is 71.8 Å². The molecule has 0 aliphatic heterocycles. The van der Waals surface area contributed by atoms with Gasteiger partial charge in [-0.15, -0.1) is 0 Å². The molecule has 3 atom stereocenters. The summed E-state index contributed by atoms with van der Waals surface area (Å²) in [6, 6.07) is 15.6. The quantitative estimate of drug-likeness (QED) is 0.488. The van der Waals surface area contributed by atoms with Crippen LogP contribution in [0.1, 0.15) is 50.2 Å². The van der Waals surface area contributed by atoms with Crippen molar-refractivity contribution in [2.24, 2.45) is 11.8 Å². The molecule has 0 spiro atoms. The highest BCUT2D eigenvalue weighted by molar-refractivity contribution is 5.81. The maximum atomic E-state index is 12.8. The van der Waals surface area contributed by atoms with Gasteiger partial charge in [-0.2, -0.15) is 0 Å². The zero-order chi connectivity index (χ0) is 24.9. The first-order chi connectivity index (χ1) is 16.8. The smallest absolute Gasteiger partial charge is 0.407 e. The third-order valence-electron chi connectivity index (χ3n) is 6.87. The number of carbonyl (C=O) groups is 3. The summed E-state index contributed by atoms with van der Waals surface area (Å²) in [7, 11) is 0. The van der Waals surface area contributed by atoms with Gasteiger partial charge in [0, 0.05) is 17.9 Å². The summed E-state index contributed by atoms with van der Waals surface area (Å²) in [6.45, 7) is 4.00. The number of allylic oxidation sites excluding steroid dienone is 1. The Labute approximate surface area is 205 Å². The van der Waals surface area contributed by atoms with E-state index < -0.39 is 18.1 Å². The Morgan fingerprint density at radius 2 is 1.66 bits per heavy atom. The number of benzene rings is 2. The first kappa shape index (κ1) is 24.5.